The van der Waals surface area contributed by atoms with Gasteiger partial charge in [0.25, 0.3) is 5.56 Å². The Morgan fingerprint density at radius 3 is 2.53 bits per heavy atom. The molecule has 1 aromatic heterocycles. The summed E-state index contributed by atoms with van der Waals surface area (Å²) < 4.78 is 5.79. The van der Waals surface area contributed by atoms with Crippen LogP contribution in [0.2, 0.25) is 10.0 Å². The third kappa shape index (κ3) is 5.78. The number of aromatic nitrogens is 2. The van der Waals surface area contributed by atoms with Crippen LogP contribution in [0.4, 0.5) is 5.69 Å². The molecular formula is C22H25Cl3N4O3. The number of aromatic amines is 2. The molecule has 1 fully saturated rings. The average Bonchev–Trinajstić information content (AvgIpc) is 2.75. The minimum atomic E-state index is -0.521. The summed E-state index contributed by atoms with van der Waals surface area (Å²) in [6.07, 6.45) is 1.95. The Bertz CT molecular complexity index is 1170. The number of ether oxygens (including phenoxy) is 1. The van der Waals surface area contributed by atoms with Crippen LogP contribution in [0.25, 0.3) is 10.9 Å². The van der Waals surface area contributed by atoms with Gasteiger partial charge in [-0.15, -0.1) is 12.4 Å². The normalized spacial score (nSPS) is 14.4. The van der Waals surface area contributed by atoms with Crippen LogP contribution in [0, 0.1) is 0 Å². The second kappa shape index (κ2) is 11.1. The first-order valence-electron chi connectivity index (χ1n) is 10.3. The van der Waals surface area contributed by atoms with E-state index in [0.717, 1.165) is 51.3 Å². The van der Waals surface area contributed by atoms with Crippen molar-refractivity contribution in [2.75, 3.05) is 44.2 Å². The van der Waals surface area contributed by atoms with E-state index in [1.54, 1.807) is 18.2 Å². The Morgan fingerprint density at radius 2 is 1.75 bits per heavy atom. The number of halogens is 3. The molecule has 2 heterocycles. The molecule has 1 aliphatic rings. The molecule has 1 aliphatic heterocycles. The smallest absolute Gasteiger partial charge is 0.326 e. The molecule has 0 amide bonds. The van der Waals surface area contributed by atoms with Gasteiger partial charge >= 0.3 is 5.69 Å². The third-order valence-corrected chi connectivity index (χ3v) is 6.30. The van der Waals surface area contributed by atoms with E-state index in [-0.39, 0.29) is 12.4 Å². The fraction of sp³-hybridized carbons (Fsp3) is 0.364. The second-order valence-electron chi connectivity index (χ2n) is 7.57. The maximum absolute atomic E-state index is 11.8. The molecule has 3 aromatic rings. The fourth-order valence-electron chi connectivity index (χ4n) is 3.82. The van der Waals surface area contributed by atoms with Gasteiger partial charge in [0.05, 0.1) is 33.2 Å². The lowest BCUT2D eigenvalue weighted by Gasteiger charge is -2.36. The van der Waals surface area contributed by atoms with E-state index in [2.05, 4.69) is 19.8 Å². The first-order chi connectivity index (χ1) is 15.0. The summed E-state index contributed by atoms with van der Waals surface area (Å²) in [4.78, 5) is 32.7. The van der Waals surface area contributed by atoms with E-state index < -0.39 is 11.2 Å². The molecule has 0 saturated carbocycles. The van der Waals surface area contributed by atoms with Gasteiger partial charge in [-0.1, -0.05) is 29.3 Å². The van der Waals surface area contributed by atoms with E-state index >= 15 is 0 Å². The highest BCUT2D eigenvalue weighted by Gasteiger charge is 2.19. The summed E-state index contributed by atoms with van der Waals surface area (Å²) in [5.41, 5.74) is 0.556. The third-order valence-electron chi connectivity index (χ3n) is 5.49. The molecule has 0 bridgehead atoms. The van der Waals surface area contributed by atoms with Crippen LogP contribution in [-0.2, 0) is 0 Å². The topological polar surface area (TPSA) is 81.4 Å². The van der Waals surface area contributed by atoms with E-state index in [1.807, 2.05) is 18.2 Å². The average molecular weight is 500 g/mol. The molecule has 0 unspecified atom stereocenters. The van der Waals surface area contributed by atoms with E-state index in [1.165, 1.54) is 0 Å². The molecule has 7 nitrogen and oxygen atoms in total. The van der Waals surface area contributed by atoms with Gasteiger partial charge in [-0.05, 0) is 43.7 Å². The standard InChI is InChI=1S/C22H24Cl2N4O3.ClH/c23-17-4-3-5-19(20(17)24)28-11-9-27(10-12-28)8-1-2-13-31-15-6-7-16-18(14-15)25-22(30)26-21(16)29;/h3-7,14H,1-2,8-13H2,(H2,25,26,29,30);1H. The van der Waals surface area contributed by atoms with Gasteiger partial charge in [0.15, 0.2) is 0 Å². The quantitative estimate of drug-likeness (QED) is 0.482. The molecule has 1 saturated heterocycles. The highest BCUT2D eigenvalue weighted by Crippen LogP contribution is 2.32. The molecule has 32 heavy (non-hydrogen) atoms. The predicted octanol–water partition coefficient (Wildman–Crippen LogP) is 3.93. The minimum Gasteiger partial charge on any atom is -0.494 e. The van der Waals surface area contributed by atoms with Crippen LogP contribution in [-0.4, -0.2) is 54.2 Å². The number of hydrogen-bond acceptors (Lipinski definition) is 5. The number of unbranched alkanes of at least 4 members (excludes halogenated alkanes) is 1. The molecule has 2 N–H and O–H groups in total. The largest absolute Gasteiger partial charge is 0.494 e. The molecule has 0 radical (unpaired) electrons. The first kappa shape index (κ1) is 24.5. The monoisotopic (exact) mass is 498 g/mol. The Kier molecular flexibility index (Phi) is 8.48. The van der Waals surface area contributed by atoms with Crippen molar-refractivity contribution in [1.29, 1.82) is 0 Å². The Hall–Kier alpha value is -2.19. The molecular weight excluding hydrogens is 475 g/mol. The first-order valence-corrected chi connectivity index (χ1v) is 11.1. The highest BCUT2D eigenvalue weighted by molar-refractivity contribution is 6.43. The number of piperazine rings is 1. The zero-order valence-corrected chi connectivity index (χ0v) is 19.7. The molecule has 2 aromatic carbocycles. The minimum absolute atomic E-state index is 0. The summed E-state index contributed by atoms with van der Waals surface area (Å²) in [6.45, 7) is 5.40. The van der Waals surface area contributed by atoms with Crippen LogP contribution in [0.5, 0.6) is 5.75 Å². The molecule has 10 heteroatoms. The van der Waals surface area contributed by atoms with Crippen molar-refractivity contribution in [2.45, 2.75) is 12.8 Å². The highest BCUT2D eigenvalue weighted by atomic mass is 35.5. The van der Waals surface area contributed by atoms with E-state index in [9.17, 15) is 9.59 Å². The van der Waals surface area contributed by atoms with Gasteiger partial charge in [0, 0.05) is 32.2 Å². The lowest BCUT2D eigenvalue weighted by molar-refractivity contribution is 0.238. The maximum Gasteiger partial charge on any atom is 0.326 e. The molecule has 4 rings (SSSR count). The summed E-state index contributed by atoms with van der Waals surface area (Å²) in [6, 6.07) is 10.8. The zero-order valence-electron chi connectivity index (χ0n) is 17.4. The number of rotatable bonds is 7. The molecule has 172 valence electrons. The molecule has 0 spiro atoms. The summed E-state index contributed by atoms with van der Waals surface area (Å²) in [5.74, 6) is 0.640. The van der Waals surface area contributed by atoms with Gasteiger partial charge in [0.1, 0.15) is 5.75 Å². The van der Waals surface area contributed by atoms with Crippen LogP contribution >= 0.6 is 35.6 Å². The van der Waals surface area contributed by atoms with Crippen molar-refractivity contribution in [1.82, 2.24) is 14.9 Å². The van der Waals surface area contributed by atoms with Crippen LogP contribution in [0.15, 0.2) is 46.0 Å². The van der Waals surface area contributed by atoms with E-state index in [0.29, 0.717) is 33.3 Å². The lowest BCUT2D eigenvalue weighted by Crippen LogP contribution is -2.46. The number of benzene rings is 2. The van der Waals surface area contributed by atoms with Crippen LogP contribution in [0.1, 0.15) is 12.8 Å². The summed E-state index contributed by atoms with van der Waals surface area (Å²) in [7, 11) is 0. The van der Waals surface area contributed by atoms with Crippen molar-refractivity contribution < 1.29 is 4.74 Å². The molecule has 0 aliphatic carbocycles. The van der Waals surface area contributed by atoms with Crippen LogP contribution < -0.4 is 20.9 Å². The Balaban J connectivity index is 0.00000289. The second-order valence-corrected chi connectivity index (χ2v) is 8.36. The number of nitrogens with one attached hydrogen (secondary N) is 2. The van der Waals surface area contributed by atoms with Gasteiger partial charge in [0.2, 0.25) is 0 Å². The van der Waals surface area contributed by atoms with Gasteiger partial charge in [-0.3, -0.25) is 14.7 Å². The van der Waals surface area contributed by atoms with Gasteiger partial charge < -0.3 is 14.6 Å². The Labute approximate surface area is 201 Å². The molecule has 0 atom stereocenters. The fourth-order valence-corrected chi connectivity index (χ4v) is 4.23. The SMILES string of the molecule is Cl.O=c1[nH]c(=O)c2ccc(OCCCCN3CCN(c4cccc(Cl)c4Cl)CC3)cc2[nH]1. The number of fused-ring (bicyclic) bond motifs is 1. The van der Waals surface area contributed by atoms with Crippen molar-refractivity contribution in [3.8, 4) is 5.75 Å². The summed E-state index contributed by atoms with van der Waals surface area (Å²) in [5, 5.41) is 1.65. The van der Waals surface area contributed by atoms with E-state index in [4.69, 9.17) is 27.9 Å². The Morgan fingerprint density at radius 1 is 0.969 bits per heavy atom. The number of nitrogens with zero attached hydrogens (tertiary/aromatic N) is 2. The van der Waals surface area contributed by atoms with Crippen molar-refractivity contribution in [3.63, 3.8) is 0 Å². The number of hydrogen-bond donors (Lipinski definition) is 2. The predicted molar refractivity (Wildman–Crippen MR) is 132 cm³/mol. The van der Waals surface area contributed by atoms with Gasteiger partial charge in [-0.25, -0.2) is 4.79 Å². The summed E-state index contributed by atoms with van der Waals surface area (Å²) >= 11 is 12.5. The van der Waals surface area contributed by atoms with Crippen molar-refractivity contribution in [2.24, 2.45) is 0 Å². The maximum atomic E-state index is 11.8. The number of anilines is 1. The lowest BCUT2D eigenvalue weighted by atomic mass is 10.2. The van der Waals surface area contributed by atoms with Gasteiger partial charge in [-0.2, -0.15) is 0 Å². The van der Waals surface area contributed by atoms with Crippen LogP contribution in [0.3, 0.4) is 0 Å². The van der Waals surface area contributed by atoms with Crippen molar-refractivity contribution in [3.05, 3.63) is 67.3 Å². The van der Waals surface area contributed by atoms with Crippen molar-refractivity contribution >= 4 is 52.2 Å². The zero-order chi connectivity index (χ0) is 21.8. The number of H-pyrrole nitrogens is 2.